The molecule has 6 fully saturated rings. The largest absolute Gasteiger partial charge is 0.381 e. The van der Waals surface area contributed by atoms with Gasteiger partial charge in [0.1, 0.15) is 0 Å². The predicted molar refractivity (Wildman–Crippen MR) is 156 cm³/mol. The zero-order chi connectivity index (χ0) is 26.5. The van der Waals surface area contributed by atoms with E-state index < -0.39 is 0 Å². The van der Waals surface area contributed by atoms with E-state index in [0.29, 0.717) is 50.6 Å². The molecule has 0 radical (unpaired) electrons. The van der Waals surface area contributed by atoms with Crippen LogP contribution in [0.15, 0.2) is 24.3 Å². The highest BCUT2D eigenvalue weighted by Crippen LogP contribution is 2.79. The maximum atomic E-state index is 6.80. The van der Waals surface area contributed by atoms with Crippen LogP contribution in [0.4, 0.5) is 5.69 Å². The van der Waals surface area contributed by atoms with Crippen molar-refractivity contribution in [1.29, 1.82) is 0 Å². The molecule has 2 aliphatic heterocycles. The molecule has 5 saturated carbocycles. The Morgan fingerprint density at radius 1 is 0.789 bits per heavy atom. The van der Waals surface area contributed by atoms with Crippen LogP contribution < -0.4 is 5.32 Å². The molecule has 0 aromatic heterocycles. The number of benzene rings is 1. The van der Waals surface area contributed by atoms with Crippen LogP contribution in [0, 0.1) is 56.2 Å². The summed E-state index contributed by atoms with van der Waals surface area (Å²) in [6.07, 6.45) is 13.2. The van der Waals surface area contributed by atoms with Crippen LogP contribution in [0.25, 0.3) is 0 Å². The molecule has 208 valence electrons. The van der Waals surface area contributed by atoms with Gasteiger partial charge < -0.3 is 10.1 Å². The summed E-state index contributed by atoms with van der Waals surface area (Å²) in [5.74, 6) is 3.95. The van der Waals surface area contributed by atoms with E-state index in [4.69, 9.17) is 4.74 Å². The lowest BCUT2D eigenvalue weighted by Crippen LogP contribution is -2.68. The van der Waals surface area contributed by atoms with Crippen LogP contribution in [0.3, 0.4) is 0 Å². The van der Waals surface area contributed by atoms with Gasteiger partial charge in [0, 0.05) is 17.6 Å². The van der Waals surface area contributed by atoms with Crippen molar-refractivity contribution >= 4 is 5.69 Å². The molecular formula is C36H53NO. The second kappa shape index (κ2) is 7.24. The fourth-order valence-corrected chi connectivity index (χ4v) is 14.0. The summed E-state index contributed by atoms with van der Waals surface area (Å²) in [4.78, 5) is 0. The third kappa shape index (κ3) is 2.67. The quantitative estimate of drug-likeness (QED) is 0.372. The second-order valence-corrected chi connectivity index (χ2v) is 17.6. The predicted octanol–water partition coefficient (Wildman–Crippen LogP) is 9.06. The van der Waals surface area contributed by atoms with Gasteiger partial charge in [0.25, 0.3) is 0 Å². The summed E-state index contributed by atoms with van der Waals surface area (Å²) >= 11 is 0. The molecule has 1 aromatic rings. The van der Waals surface area contributed by atoms with Crippen molar-refractivity contribution in [2.24, 2.45) is 56.2 Å². The van der Waals surface area contributed by atoms with Gasteiger partial charge in [-0.1, -0.05) is 66.7 Å². The van der Waals surface area contributed by atoms with Gasteiger partial charge in [-0.05, 0) is 126 Å². The fraction of sp³-hybridized carbons (Fsp3) is 0.833. The molecule has 2 nitrogen and oxygen atoms in total. The summed E-state index contributed by atoms with van der Waals surface area (Å²) in [5.41, 5.74) is 5.49. The van der Waals surface area contributed by atoms with E-state index in [1.165, 1.54) is 63.5 Å². The molecule has 0 amide bonds. The first-order valence-electron chi connectivity index (χ1n) is 16.3. The Bertz CT molecular complexity index is 1170. The number of hydrogen-bond donors (Lipinski definition) is 1. The Kier molecular flexibility index (Phi) is 4.72. The summed E-state index contributed by atoms with van der Waals surface area (Å²) in [7, 11) is 0. The van der Waals surface area contributed by atoms with Crippen LogP contribution in [0.5, 0.6) is 0 Å². The first-order valence-corrected chi connectivity index (χ1v) is 16.3. The molecule has 2 heterocycles. The van der Waals surface area contributed by atoms with Gasteiger partial charge in [-0.3, -0.25) is 0 Å². The maximum absolute atomic E-state index is 6.80. The Morgan fingerprint density at radius 3 is 2.37 bits per heavy atom. The molecule has 2 bridgehead atoms. The fourth-order valence-electron chi connectivity index (χ4n) is 14.0. The number of para-hydroxylation sites is 1. The molecule has 8 rings (SSSR count). The third-order valence-corrected chi connectivity index (χ3v) is 15.8. The van der Waals surface area contributed by atoms with Crippen LogP contribution in [-0.4, -0.2) is 18.8 Å². The Labute approximate surface area is 232 Å². The lowest BCUT2D eigenvalue weighted by molar-refractivity contribution is -0.244. The van der Waals surface area contributed by atoms with Crippen LogP contribution in [0.1, 0.15) is 118 Å². The van der Waals surface area contributed by atoms with Crippen molar-refractivity contribution in [1.82, 2.24) is 0 Å². The van der Waals surface area contributed by atoms with Gasteiger partial charge in [-0.25, -0.2) is 0 Å². The van der Waals surface area contributed by atoms with Gasteiger partial charge in [0.2, 0.25) is 0 Å². The van der Waals surface area contributed by atoms with Crippen molar-refractivity contribution in [2.75, 3.05) is 11.9 Å². The van der Waals surface area contributed by atoms with E-state index in [9.17, 15) is 0 Å². The first-order chi connectivity index (χ1) is 17.9. The molecule has 1 aromatic carbocycles. The Balaban J connectivity index is 1.18. The standard InChI is InChI=1S/C36H53NO/c1-31(2)16-18-36-19-17-34(6)23(29(36)30(31)38-21-36)12-13-27-33(5)20-25-28(22-10-8-9-11-24(22)37-25)32(3,4)26(33)14-15-35(27,34)7/h8-11,23,25-30,37H,12-21H2,1-7H3/t23-,25?,26+,27-,28?,29+,30-,33+,34-,35-,36-/m1/s1. The van der Waals surface area contributed by atoms with E-state index in [1.807, 2.05) is 0 Å². The minimum atomic E-state index is 0.327. The number of nitrogens with one attached hydrogen (secondary N) is 1. The number of fused-ring (bicyclic) bond motifs is 8. The van der Waals surface area contributed by atoms with Gasteiger partial charge in [0.05, 0.1) is 12.7 Å². The second-order valence-electron chi connectivity index (χ2n) is 17.6. The Hall–Kier alpha value is -1.02. The van der Waals surface area contributed by atoms with E-state index >= 15 is 0 Å². The molecular weight excluding hydrogens is 462 g/mol. The van der Waals surface area contributed by atoms with Gasteiger partial charge in [-0.15, -0.1) is 0 Å². The van der Waals surface area contributed by atoms with Gasteiger partial charge in [-0.2, -0.15) is 0 Å². The molecule has 1 N–H and O–H groups in total. The lowest BCUT2D eigenvalue weighted by Gasteiger charge is -2.73. The number of ether oxygens (including phenoxy) is 1. The van der Waals surface area contributed by atoms with Gasteiger partial charge >= 0.3 is 0 Å². The average molecular weight is 516 g/mol. The molecule has 7 aliphatic rings. The molecule has 38 heavy (non-hydrogen) atoms. The zero-order valence-electron chi connectivity index (χ0n) is 25.3. The number of rotatable bonds is 0. The summed E-state index contributed by atoms with van der Waals surface area (Å²) in [6.45, 7) is 19.8. The highest BCUT2D eigenvalue weighted by molar-refractivity contribution is 5.60. The monoisotopic (exact) mass is 515 g/mol. The molecule has 2 unspecified atom stereocenters. The smallest absolute Gasteiger partial charge is 0.0663 e. The zero-order valence-corrected chi connectivity index (χ0v) is 25.3. The summed E-state index contributed by atoms with van der Waals surface area (Å²) in [6, 6.07) is 9.85. The van der Waals surface area contributed by atoms with Crippen molar-refractivity contribution in [3.63, 3.8) is 0 Å². The Morgan fingerprint density at radius 2 is 1.55 bits per heavy atom. The van der Waals surface area contributed by atoms with Gasteiger partial charge in [0.15, 0.2) is 0 Å². The summed E-state index contributed by atoms with van der Waals surface area (Å²) < 4.78 is 6.80. The normalized spacial score (nSPS) is 54.9. The van der Waals surface area contributed by atoms with E-state index in [0.717, 1.165) is 30.3 Å². The number of anilines is 1. The van der Waals surface area contributed by atoms with Crippen molar-refractivity contribution in [3.8, 4) is 0 Å². The highest BCUT2D eigenvalue weighted by atomic mass is 16.5. The van der Waals surface area contributed by atoms with Crippen LogP contribution >= 0.6 is 0 Å². The molecule has 2 heteroatoms. The minimum absolute atomic E-state index is 0.327. The van der Waals surface area contributed by atoms with Crippen molar-refractivity contribution < 1.29 is 4.74 Å². The SMILES string of the molecule is CC1(C)CC[C@]23CC[C@]4(C)[C@H](CC[C@@H]5[C@@]6(C)CC7Nc8ccccc8C7C(C)(C)[C@@H]6CC[C@]54C)[C@H]2[C@H]1OC3. The highest BCUT2D eigenvalue weighted by Gasteiger charge is 2.73. The number of hydrogen-bond acceptors (Lipinski definition) is 2. The molecule has 1 saturated heterocycles. The van der Waals surface area contributed by atoms with E-state index in [2.05, 4.69) is 78.0 Å². The maximum Gasteiger partial charge on any atom is 0.0663 e. The van der Waals surface area contributed by atoms with Crippen molar-refractivity contribution in [3.05, 3.63) is 29.8 Å². The van der Waals surface area contributed by atoms with Crippen LogP contribution in [-0.2, 0) is 4.74 Å². The van der Waals surface area contributed by atoms with E-state index in [1.54, 1.807) is 5.56 Å². The summed E-state index contributed by atoms with van der Waals surface area (Å²) in [5, 5.41) is 4.07. The molecule has 5 aliphatic carbocycles. The third-order valence-electron chi connectivity index (χ3n) is 15.8. The van der Waals surface area contributed by atoms with Crippen LogP contribution in [0.2, 0.25) is 0 Å². The van der Waals surface area contributed by atoms with Crippen molar-refractivity contribution in [2.45, 2.75) is 124 Å². The lowest BCUT2D eigenvalue weighted by atomic mass is 9.31. The first kappa shape index (κ1) is 24.8. The molecule has 0 spiro atoms. The molecule has 11 atom stereocenters. The minimum Gasteiger partial charge on any atom is -0.381 e. The average Bonchev–Trinajstić information content (AvgIpc) is 3.39. The topological polar surface area (TPSA) is 21.3 Å². The van der Waals surface area contributed by atoms with E-state index in [-0.39, 0.29) is 0 Å².